The van der Waals surface area contributed by atoms with Gasteiger partial charge in [-0.1, -0.05) is 18.3 Å². The zero-order chi connectivity index (χ0) is 13.3. The van der Waals surface area contributed by atoms with Gasteiger partial charge in [-0.25, -0.2) is 0 Å². The molecule has 2 rings (SSSR count). The van der Waals surface area contributed by atoms with Gasteiger partial charge in [0, 0.05) is 25.6 Å². The number of fused-ring (bicyclic) bond motifs is 1. The van der Waals surface area contributed by atoms with Crippen molar-refractivity contribution in [2.75, 3.05) is 0 Å². The van der Waals surface area contributed by atoms with Gasteiger partial charge >= 0.3 is 0 Å². The number of non-ortho nitro benzene ring substituents is 1. The Labute approximate surface area is 106 Å². The van der Waals surface area contributed by atoms with Crippen LogP contribution in [0.15, 0.2) is 23.2 Å². The highest BCUT2D eigenvalue weighted by molar-refractivity contribution is 7.16. The van der Waals surface area contributed by atoms with E-state index in [4.69, 9.17) is 0 Å². The highest BCUT2D eigenvalue weighted by atomic mass is 32.1. The maximum atomic E-state index is 11.3. The maximum absolute atomic E-state index is 11.3. The number of carbonyl (C=O) groups excluding carboxylic acids is 1. The van der Waals surface area contributed by atoms with Crippen LogP contribution in [0.4, 0.5) is 5.69 Å². The number of benzene rings is 1. The van der Waals surface area contributed by atoms with Gasteiger partial charge in [-0.05, 0) is 6.07 Å². The van der Waals surface area contributed by atoms with E-state index < -0.39 is 4.92 Å². The third kappa shape index (κ3) is 2.17. The topological polar surface area (TPSA) is 77.5 Å². The fraction of sp³-hybridized carbons (Fsp3) is 0.273. The summed E-state index contributed by atoms with van der Waals surface area (Å²) in [5.74, 6) is -0.202. The Morgan fingerprint density at radius 3 is 2.89 bits per heavy atom. The number of aromatic nitrogens is 1. The van der Waals surface area contributed by atoms with Crippen molar-refractivity contribution in [2.24, 2.45) is 12.0 Å². The standard InChI is InChI=1S/C11H11N3O3S/c1-3-10(15)12-11-13(2)8-6-7(14(16)17)4-5-9(8)18-11/h4-6H,3H2,1-2H3. The Bertz CT molecular complexity index is 699. The molecule has 0 radical (unpaired) electrons. The summed E-state index contributed by atoms with van der Waals surface area (Å²) in [5, 5.41) is 10.7. The van der Waals surface area contributed by atoms with Gasteiger partial charge in [0.25, 0.3) is 5.69 Å². The van der Waals surface area contributed by atoms with Gasteiger partial charge in [-0.2, -0.15) is 4.99 Å². The number of amides is 1. The number of nitro benzene ring substituents is 1. The van der Waals surface area contributed by atoms with Crippen LogP contribution in [0.1, 0.15) is 13.3 Å². The number of carbonyl (C=O) groups is 1. The summed E-state index contributed by atoms with van der Waals surface area (Å²) in [5.41, 5.74) is 0.737. The van der Waals surface area contributed by atoms with Crippen molar-refractivity contribution in [3.63, 3.8) is 0 Å². The van der Waals surface area contributed by atoms with E-state index in [0.29, 0.717) is 16.7 Å². The zero-order valence-corrected chi connectivity index (χ0v) is 10.7. The lowest BCUT2D eigenvalue weighted by Crippen LogP contribution is -2.12. The van der Waals surface area contributed by atoms with Gasteiger partial charge in [0.05, 0.1) is 15.1 Å². The predicted molar refractivity (Wildman–Crippen MR) is 68.3 cm³/mol. The number of nitrogens with zero attached hydrogens (tertiary/aromatic N) is 3. The summed E-state index contributed by atoms with van der Waals surface area (Å²) in [6.07, 6.45) is 0.342. The van der Waals surface area contributed by atoms with Gasteiger partial charge in [-0.3, -0.25) is 14.9 Å². The molecule has 94 valence electrons. The largest absolute Gasteiger partial charge is 0.319 e. The first-order chi connectivity index (χ1) is 8.52. The molecule has 0 aliphatic rings. The molecule has 0 atom stereocenters. The molecule has 1 heterocycles. The highest BCUT2D eigenvalue weighted by Gasteiger charge is 2.10. The highest BCUT2D eigenvalue weighted by Crippen LogP contribution is 2.22. The molecular formula is C11H11N3O3S. The molecule has 7 heteroatoms. The fourth-order valence-electron chi connectivity index (χ4n) is 1.52. The first-order valence-corrected chi connectivity index (χ1v) is 6.16. The second-order valence-corrected chi connectivity index (χ2v) is 4.72. The van der Waals surface area contributed by atoms with Crippen LogP contribution >= 0.6 is 11.3 Å². The molecule has 0 spiro atoms. The third-order valence-corrected chi connectivity index (χ3v) is 3.64. The molecule has 0 fully saturated rings. The summed E-state index contributed by atoms with van der Waals surface area (Å²) in [7, 11) is 1.74. The van der Waals surface area contributed by atoms with Gasteiger partial charge in [-0.15, -0.1) is 0 Å². The number of hydrogen-bond acceptors (Lipinski definition) is 4. The van der Waals surface area contributed by atoms with E-state index in [0.717, 1.165) is 4.70 Å². The van der Waals surface area contributed by atoms with Crippen molar-refractivity contribution in [1.82, 2.24) is 4.57 Å². The molecule has 0 saturated heterocycles. The van der Waals surface area contributed by atoms with E-state index in [1.807, 2.05) is 0 Å². The van der Waals surface area contributed by atoms with Crippen LogP contribution < -0.4 is 4.80 Å². The van der Waals surface area contributed by atoms with Crippen LogP contribution in [0.2, 0.25) is 0 Å². The van der Waals surface area contributed by atoms with E-state index in [-0.39, 0.29) is 11.6 Å². The van der Waals surface area contributed by atoms with E-state index in [2.05, 4.69) is 4.99 Å². The van der Waals surface area contributed by atoms with Crippen LogP contribution in [0, 0.1) is 10.1 Å². The van der Waals surface area contributed by atoms with E-state index in [1.165, 1.54) is 23.5 Å². The van der Waals surface area contributed by atoms with Gasteiger partial charge in [0.2, 0.25) is 5.91 Å². The van der Waals surface area contributed by atoms with Crippen LogP contribution in [0.25, 0.3) is 10.2 Å². The molecule has 0 N–H and O–H groups in total. The average molecular weight is 265 g/mol. The first-order valence-electron chi connectivity index (χ1n) is 5.34. The molecule has 0 aliphatic carbocycles. The minimum absolute atomic E-state index is 0.0317. The maximum Gasteiger partial charge on any atom is 0.271 e. The number of nitro groups is 1. The molecule has 1 amide bonds. The van der Waals surface area contributed by atoms with Crippen LogP contribution in [0.3, 0.4) is 0 Å². The molecule has 0 aliphatic heterocycles. The van der Waals surface area contributed by atoms with Crippen LogP contribution in [0.5, 0.6) is 0 Å². The number of aryl methyl sites for hydroxylation is 1. The Morgan fingerprint density at radius 2 is 2.28 bits per heavy atom. The van der Waals surface area contributed by atoms with Crippen LogP contribution in [-0.2, 0) is 11.8 Å². The summed E-state index contributed by atoms with van der Waals surface area (Å²) in [4.78, 5) is 26.1. The van der Waals surface area contributed by atoms with Gasteiger partial charge in [0.1, 0.15) is 0 Å². The fourth-order valence-corrected chi connectivity index (χ4v) is 2.54. The van der Waals surface area contributed by atoms with Crippen molar-refractivity contribution in [1.29, 1.82) is 0 Å². The normalized spacial score (nSPS) is 12.0. The zero-order valence-electron chi connectivity index (χ0n) is 9.91. The molecule has 18 heavy (non-hydrogen) atoms. The van der Waals surface area contributed by atoms with Gasteiger partial charge < -0.3 is 4.57 Å². The SMILES string of the molecule is CCC(=O)N=c1sc2ccc([N+](=O)[O-])cc2n1C. The van der Waals surface area contributed by atoms with Crippen molar-refractivity contribution in [3.05, 3.63) is 33.1 Å². The molecule has 0 bridgehead atoms. The van der Waals surface area contributed by atoms with E-state index >= 15 is 0 Å². The average Bonchev–Trinajstić information content (AvgIpc) is 2.66. The lowest BCUT2D eigenvalue weighted by atomic mass is 10.3. The lowest BCUT2D eigenvalue weighted by Gasteiger charge is -1.95. The number of rotatable bonds is 2. The Kier molecular flexibility index (Phi) is 3.24. The monoisotopic (exact) mass is 265 g/mol. The Morgan fingerprint density at radius 1 is 1.56 bits per heavy atom. The van der Waals surface area contributed by atoms with Crippen molar-refractivity contribution >= 4 is 33.1 Å². The van der Waals surface area contributed by atoms with Crippen molar-refractivity contribution < 1.29 is 9.72 Å². The minimum Gasteiger partial charge on any atom is -0.319 e. The number of hydrogen-bond donors (Lipinski definition) is 0. The van der Waals surface area contributed by atoms with Crippen molar-refractivity contribution in [3.8, 4) is 0 Å². The summed E-state index contributed by atoms with van der Waals surface area (Å²) in [6.45, 7) is 1.74. The quantitative estimate of drug-likeness (QED) is 0.615. The molecule has 0 unspecified atom stereocenters. The molecular weight excluding hydrogens is 254 g/mol. The van der Waals surface area contributed by atoms with Gasteiger partial charge in [0.15, 0.2) is 4.80 Å². The predicted octanol–water partition coefficient (Wildman–Crippen LogP) is 1.99. The molecule has 0 saturated carbocycles. The molecule has 1 aromatic heterocycles. The first kappa shape index (κ1) is 12.4. The lowest BCUT2D eigenvalue weighted by molar-refractivity contribution is -0.384. The summed E-state index contributed by atoms with van der Waals surface area (Å²) < 4.78 is 2.56. The number of thiazole rings is 1. The van der Waals surface area contributed by atoms with E-state index in [1.54, 1.807) is 24.6 Å². The second-order valence-electron chi connectivity index (χ2n) is 3.71. The Balaban J connectivity index is 2.67. The molecule has 2 aromatic rings. The summed E-state index contributed by atoms with van der Waals surface area (Å²) in [6, 6.07) is 4.61. The molecule has 1 aromatic carbocycles. The minimum atomic E-state index is -0.439. The smallest absolute Gasteiger partial charge is 0.271 e. The van der Waals surface area contributed by atoms with Crippen molar-refractivity contribution in [2.45, 2.75) is 13.3 Å². The molecule has 6 nitrogen and oxygen atoms in total. The second kappa shape index (κ2) is 4.69. The Hall–Kier alpha value is -2.02. The van der Waals surface area contributed by atoms with E-state index in [9.17, 15) is 14.9 Å². The third-order valence-electron chi connectivity index (χ3n) is 2.53. The van der Waals surface area contributed by atoms with Crippen LogP contribution in [-0.4, -0.2) is 15.4 Å². The summed E-state index contributed by atoms with van der Waals surface area (Å²) >= 11 is 1.34.